The van der Waals surface area contributed by atoms with Gasteiger partial charge >= 0.3 is 0 Å². The first-order valence-electron chi connectivity index (χ1n) is 14.9. The van der Waals surface area contributed by atoms with E-state index >= 15 is 0 Å². The minimum atomic E-state index is -0.819. The molecule has 0 aromatic heterocycles. The molecule has 1 fully saturated rings. The van der Waals surface area contributed by atoms with E-state index in [0.717, 1.165) is 12.0 Å². The number of phenolic OH excluding ortho intramolecular Hbond substituents is 1. The molecule has 1 aliphatic rings. The molecule has 1 saturated heterocycles. The van der Waals surface area contributed by atoms with Crippen LogP contribution in [-0.2, 0) is 16.0 Å². The van der Waals surface area contributed by atoms with Crippen molar-refractivity contribution in [1.82, 2.24) is 15.5 Å². The Bertz CT molecular complexity index is 1190. The predicted molar refractivity (Wildman–Crippen MR) is 171 cm³/mol. The molecule has 8 heteroatoms. The zero-order valence-electron chi connectivity index (χ0n) is 26.0. The highest BCUT2D eigenvalue weighted by atomic mass is 35.5. The van der Waals surface area contributed by atoms with E-state index < -0.39 is 18.0 Å². The van der Waals surface area contributed by atoms with Gasteiger partial charge in [0.1, 0.15) is 17.8 Å². The number of nitrogens with zero attached hydrogens (tertiary/aromatic N) is 1. The van der Waals surface area contributed by atoms with Gasteiger partial charge in [0.05, 0.1) is 5.02 Å². The first-order chi connectivity index (χ1) is 19.8. The first-order valence-corrected chi connectivity index (χ1v) is 15.3. The Kier molecular flexibility index (Phi) is 14.1. The number of rotatable bonds is 11. The number of halogens is 1. The fourth-order valence-electron chi connectivity index (χ4n) is 4.89. The van der Waals surface area contributed by atoms with E-state index in [4.69, 9.17) is 11.6 Å². The van der Waals surface area contributed by atoms with Crippen LogP contribution in [0.25, 0.3) is 0 Å². The highest BCUT2D eigenvalue weighted by molar-refractivity contribution is 6.32. The summed E-state index contributed by atoms with van der Waals surface area (Å²) >= 11 is 5.96. The summed E-state index contributed by atoms with van der Waals surface area (Å²) in [5.41, 5.74) is 3.17. The van der Waals surface area contributed by atoms with Crippen molar-refractivity contribution in [3.8, 4) is 5.75 Å². The van der Waals surface area contributed by atoms with E-state index in [1.165, 1.54) is 37.0 Å². The maximum Gasteiger partial charge on any atom is 0.251 e. The third-order valence-electron chi connectivity index (χ3n) is 7.44. The number of nitrogens with one attached hydrogen (secondary N) is 2. The molecule has 3 unspecified atom stereocenters. The van der Waals surface area contributed by atoms with E-state index in [0.29, 0.717) is 24.9 Å². The molecule has 230 valence electrons. The zero-order chi connectivity index (χ0) is 31.4. The number of benzene rings is 2. The molecule has 2 aromatic carbocycles. The van der Waals surface area contributed by atoms with Gasteiger partial charge in [0.15, 0.2) is 0 Å². The topological polar surface area (TPSA) is 98.7 Å². The van der Waals surface area contributed by atoms with E-state index in [1.54, 1.807) is 18.7 Å². The SMILES string of the molecule is C=C(C)CC(NC(=O)C1CCCN1C(=O)C(C)NC(=O)c1cc(C)c(O)c(Cl)c1)C(C)C.CCCCc1ccccc1. The minimum absolute atomic E-state index is 0.0443. The van der Waals surface area contributed by atoms with Crippen molar-refractivity contribution in [2.45, 2.75) is 98.2 Å². The molecule has 1 heterocycles. The van der Waals surface area contributed by atoms with Gasteiger partial charge in [0, 0.05) is 18.2 Å². The number of hydrogen-bond acceptors (Lipinski definition) is 4. The summed E-state index contributed by atoms with van der Waals surface area (Å²) in [6.07, 6.45) is 5.83. The second kappa shape index (κ2) is 17.0. The molecule has 7 nitrogen and oxygen atoms in total. The number of hydrogen-bond donors (Lipinski definition) is 3. The van der Waals surface area contributed by atoms with Crippen LogP contribution in [0.2, 0.25) is 5.02 Å². The van der Waals surface area contributed by atoms with Crippen LogP contribution in [0.4, 0.5) is 0 Å². The van der Waals surface area contributed by atoms with Gasteiger partial charge in [-0.15, -0.1) is 6.58 Å². The van der Waals surface area contributed by atoms with Crippen LogP contribution in [0.1, 0.15) is 88.2 Å². The van der Waals surface area contributed by atoms with Crippen molar-refractivity contribution in [3.05, 3.63) is 76.3 Å². The predicted octanol–water partition coefficient (Wildman–Crippen LogP) is 6.60. The van der Waals surface area contributed by atoms with Gasteiger partial charge in [-0.3, -0.25) is 14.4 Å². The molecule has 3 N–H and O–H groups in total. The smallest absolute Gasteiger partial charge is 0.251 e. The van der Waals surface area contributed by atoms with Crippen molar-refractivity contribution in [3.63, 3.8) is 0 Å². The molecular formula is C34H48ClN3O4. The van der Waals surface area contributed by atoms with Gasteiger partial charge in [-0.05, 0) is 82.1 Å². The van der Waals surface area contributed by atoms with Gasteiger partial charge < -0.3 is 20.6 Å². The Balaban J connectivity index is 0.000000518. The largest absolute Gasteiger partial charge is 0.506 e. The molecule has 0 saturated carbocycles. The van der Waals surface area contributed by atoms with Crippen LogP contribution in [-0.4, -0.2) is 52.4 Å². The van der Waals surface area contributed by atoms with Gasteiger partial charge in [0.2, 0.25) is 11.8 Å². The molecule has 0 spiro atoms. The average molecular weight is 598 g/mol. The van der Waals surface area contributed by atoms with Crippen molar-refractivity contribution in [2.75, 3.05) is 6.54 Å². The van der Waals surface area contributed by atoms with Gasteiger partial charge in [-0.2, -0.15) is 0 Å². The normalized spacial score (nSPS) is 15.8. The molecule has 3 rings (SSSR count). The van der Waals surface area contributed by atoms with E-state index in [1.807, 2.05) is 20.8 Å². The number of carbonyl (C=O) groups excluding carboxylic acids is 3. The van der Waals surface area contributed by atoms with Gasteiger partial charge in [-0.1, -0.05) is 74.7 Å². The lowest BCUT2D eigenvalue weighted by atomic mass is 9.97. The summed E-state index contributed by atoms with van der Waals surface area (Å²) in [5, 5.41) is 15.6. The lowest BCUT2D eigenvalue weighted by Crippen LogP contribution is -2.54. The monoisotopic (exact) mass is 597 g/mol. The summed E-state index contributed by atoms with van der Waals surface area (Å²) in [5.74, 6) is -0.795. The number of likely N-dealkylation sites (tertiary alicyclic amines) is 1. The molecule has 3 atom stereocenters. The Morgan fingerprint density at radius 2 is 1.79 bits per heavy atom. The molecule has 0 radical (unpaired) electrons. The quantitative estimate of drug-likeness (QED) is 0.254. The second-order valence-corrected chi connectivity index (χ2v) is 12.0. The number of aryl methyl sites for hydroxylation is 2. The van der Waals surface area contributed by atoms with E-state index in [-0.39, 0.29) is 40.1 Å². The van der Waals surface area contributed by atoms with E-state index in [9.17, 15) is 19.5 Å². The molecule has 3 amide bonds. The number of phenols is 1. The zero-order valence-corrected chi connectivity index (χ0v) is 26.8. The molecule has 2 aromatic rings. The summed E-state index contributed by atoms with van der Waals surface area (Å²) in [4.78, 5) is 40.2. The highest BCUT2D eigenvalue weighted by Crippen LogP contribution is 2.28. The number of carbonyl (C=O) groups is 3. The average Bonchev–Trinajstić information content (AvgIpc) is 3.44. The van der Waals surface area contributed by atoms with Crippen molar-refractivity contribution in [2.24, 2.45) is 5.92 Å². The molecule has 1 aliphatic heterocycles. The van der Waals surface area contributed by atoms with Gasteiger partial charge in [-0.25, -0.2) is 0 Å². The Labute approximate surface area is 256 Å². The Morgan fingerprint density at radius 1 is 1.12 bits per heavy atom. The number of amides is 3. The fraction of sp³-hybridized carbons (Fsp3) is 0.500. The Morgan fingerprint density at radius 3 is 2.36 bits per heavy atom. The third-order valence-corrected chi connectivity index (χ3v) is 7.72. The van der Waals surface area contributed by atoms with Crippen LogP contribution in [0, 0.1) is 12.8 Å². The van der Waals surface area contributed by atoms with Crippen LogP contribution in [0.5, 0.6) is 5.75 Å². The van der Waals surface area contributed by atoms with Crippen LogP contribution >= 0.6 is 11.6 Å². The van der Waals surface area contributed by atoms with Crippen LogP contribution < -0.4 is 10.6 Å². The molecular weight excluding hydrogens is 550 g/mol. The maximum absolute atomic E-state index is 13.1. The maximum atomic E-state index is 13.1. The third kappa shape index (κ3) is 10.5. The summed E-state index contributed by atoms with van der Waals surface area (Å²) in [7, 11) is 0. The van der Waals surface area contributed by atoms with Crippen molar-refractivity contribution < 1.29 is 19.5 Å². The fourth-order valence-corrected chi connectivity index (χ4v) is 5.16. The standard InChI is InChI=1S/C24H34ClN3O4.C10H14/c1-13(2)10-19(14(3)4)27-23(31)20-8-7-9-28(20)24(32)16(6)26-22(30)17-11-15(5)21(29)18(25)12-17;1-2-3-7-10-8-5-4-6-9-10/h11-12,14,16,19-20,29H,1,7-10H2,2-6H3,(H,26,30)(H,27,31);4-6,8-9H,2-3,7H2,1H3. The second-order valence-electron chi connectivity index (χ2n) is 11.6. The van der Waals surface area contributed by atoms with Crippen LogP contribution in [0.3, 0.4) is 0 Å². The summed E-state index contributed by atoms with van der Waals surface area (Å²) < 4.78 is 0. The van der Waals surface area contributed by atoms with Crippen LogP contribution in [0.15, 0.2) is 54.6 Å². The van der Waals surface area contributed by atoms with Gasteiger partial charge in [0.25, 0.3) is 5.91 Å². The van der Waals surface area contributed by atoms with Crippen molar-refractivity contribution in [1.29, 1.82) is 0 Å². The summed E-state index contributed by atoms with van der Waals surface area (Å²) in [6.45, 7) is 15.9. The lowest BCUT2D eigenvalue weighted by molar-refractivity contribution is -0.139. The van der Waals surface area contributed by atoms with Crippen molar-refractivity contribution >= 4 is 29.3 Å². The lowest BCUT2D eigenvalue weighted by Gasteiger charge is -2.30. The number of unbranched alkanes of at least 4 members (excludes halogenated alkanes) is 1. The molecule has 0 bridgehead atoms. The highest BCUT2D eigenvalue weighted by Gasteiger charge is 2.37. The van der Waals surface area contributed by atoms with E-state index in [2.05, 4.69) is 54.5 Å². The Hall–Kier alpha value is -3.32. The molecule has 42 heavy (non-hydrogen) atoms. The molecule has 0 aliphatic carbocycles. The summed E-state index contributed by atoms with van der Waals surface area (Å²) in [6, 6.07) is 12.1. The number of aromatic hydroxyl groups is 1. The first kappa shape index (κ1) is 34.9. The minimum Gasteiger partial charge on any atom is -0.506 e.